The summed E-state index contributed by atoms with van der Waals surface area (Å²) in [5.74, 6) is -0.716. The number of esters is 1. The molecule has 0 aromatic rings. The number of hydrogen-bond acceptors (Lipinski definition) is 6. The van der Waals surface area contributed by atoms with E-state index in [-0.39, 0.29) is 6.61 Å². The first kappa shape index (κ1) is 11.1. The van der Waals surface area contributed by atoms with Gasteiger partial charge in [0.15, 0.2) is 6.61 Å². The maximum Gasteiger partial charge on any atom is 0.334 e. The molecule has 12 heavy (non-hydrogen) atoms. The van der Waals surface area contributed by atoms with Gasteiger partial charge in [-0.3, -0.25) is 4.84 Å². The summed E-state index contributed by atoms with van der Waals surface area (Å²) in [7, 11) is 0. The van der Waals surface area contributed by atoms with Gasteiger partial charge in [0.25, 0.3) is 0 Å². The summed E-state index contributed by atoms with van der Waals surface area (Å²) >= 11 is 0. The van der Waals surface area contributed by atoms with E-state index in [4.69, 9.17) is 5.21 Å². The highest BCUT2D eigenvalue weighted by Gasteiger charge is 2.01. The van der Waals surface area contributed by atoms with Crippen molar-refractivity contribution in [3.63, 3.8) is 0 Å². The molecule has 0 aliphatic heterocycles. The normalized spacial score (nSPS) is 9.92. The number of carbonyl (C=O) groups is 1. The lowest BCUT2D eigenvalue weighted by molar-refractivity contribution is -0.303. The van der Waals surface area contributed by atoms with Crippen LogP contribution in [-0.2, 0) is 14.4 Å². The molecule has 6 heteroatoms. The largest absolute Gasteiger partial charge is 0.738 e. The molecule has 0 unspecified atom stereocenters. The zero-order chi connectivity index (χ0) is 9.40. The molecule has 70 valence electrons. The zero-order valence-electron chi connectivity index (χ0n) is 6.43. The lowest BCUT2D eigenvalue weighted by Crippen LogP contribution is -2.20. The molecule has 1 N–H and O–H groups in total. The smallest absolute Gasteiger partial charge is 0.334 e. The van der Waals surface area contributed by atoms with Crippen LogP contribution in [0.2, 0.25) is 0 Å². The lowest BCUT2D eigenvalue weighted by atomic mass is 10.5. The van der Waals surface area contributed by atoms with Crippen molar-refractivity contribution in [2.24, 2.45) is 0 Å². The highest BCUT2D eigenvalue weighted by Crippen LogP contribution is 1.87. The average Bonchev–Trinajstić information content (AvgIpc) is 2.01. The van der Waals surface area contributed by atoms with Crippen LogP contribution in [0.1, 0.15) is 6.42 Å². The van der Waals surface area contributed by atoms with Crippen LogP contribution in [0.25, 0.3) is 0 Å². The van der Waals surface area contributed by atoms with Crippen molar-refractivity contribution in [2.75, 3.05) is 13.2 Å². The number of nitrogens with zero attached hydrogens (tertiary/aromatic N) is 1. The second-order valence-electron chi connectivity index (χ2n) is 1.81. The van der Waals surface area contributed by atoms with Crippen LogP contribution >= 0.6 is 0 Å². The maximum absolute atomic E-state index is 10.6. The van der Waals surface area contributed by atoms with Gasteiger partial charge < -0.3 is 15.2 Å². The Morgan fingerprint density at radius 3 is 2.92 bits per heavy atom. The van der Waals surface area contributed by atoms with Crippen LogP contribution in [-0.4, -0.2) is 29.8 Å². The van der Waals surface area contributed by atoms with Gasteiger partial charge in [-0.25, -0.2) is 4.79 Å². The molecule has 0 aromatic heterocycles. The molecule has 6 nitrogen and oxygen atoms in total. The van der Waals surface area contributed by atoms with Gasteiger partial charge in [0.2, 0.25) is 0 Å². The molecule has 0 atom stereocenters. The van der Waals surface area contributed by atoms with Crippen LogP contribution in [0.4, 0.5) is 0 Å². The Morgan fingerprint density at radius 2 is 2.42 bits per heavy atom. The van der Waals surface area contributed by atoms with Crippen LogP contribution in [0, 0.1) is 5.21 Å². The molecule has 0 aliphatic carbocycles. The van der Waals surface area contributed by atoms with E-state index in [0.717, 1.165) is 0 Å². The van der Waals surface area contributed by atoms with Crippen LogP contribution in [0.3, 0.4) is 0 Å². The third kappa shape index (κ3) is 7.16. The van der Waals surface area contributed by atoms with E-state index in [2.05, 4.69) is 16.2 Å². The fraction of sp³-hybridized carbons (Fsp3) is 0.500. The first-order valence-electron chi connectivity index (χ1n) is 3.22. The zero-order valence-corrected chi connectivity index (χ0v) is 6.43. The van der Waals surface area contributed by atoms with Crippen molar-refractivity contribution in [3.05, 3.63) is 17.9 Å². The van der Waals surface area contributed by atoms with Crippen molar-refractivity contribution < 1.29 is 19.6 Å². The van der Waals surface area contributed by atoms with Gasteiger partial charge in [-0.15, -0.1) is 12.0 Å². The summed E-state index contributed by atoms with van der Waals surface area (Å²) in [5, 5.41) is 16.8. The molecule has 0 aromatic carbocycles. The molecule has 0 amide bonds. The quantitative estimate of drug-likeness (QED) is 0.270. The Labute approximate surface area is 69.5 Å². The molecule has 0 saturated carbocycles. The van der Waals surface area contributed by atoms with Crippen LogP contribution in [0.15, 0.2) is 12.7 Å². The van der Waals surface area contributed by atoms with Crippen molar-refractivity contribution in [2.45, 2.75) is 6.42 Å². The van der Waals surface area contributed by atoms with Gasteiger partial charge >= 0.3 is 5.97 Å². The van der Waals surface area contributed by atoms with E-state index < -0.39 is 18.0 Å². The molecule has 0 saturated heterocycles. The van der Waals surface area contributed by atoms with E-state index in [1.165, 1.54) is 0 Å². The third-order valence-corrected chi connectivity index (χ3v) is 0.878. The first-order valence-corrected chi connectivity index (χ1v) is 3.22. The number of hydrogen-bond donors (Lipinski definition) is 1. The minimum Gasteiger partial charge on any atom is -0.738 e. The van der Waals surface area contributed by atoms with Gasteiger partial charge in [0.05, 0.1) is 6.61 Å². The molecule has 0 rings (SSSR count). The number of carbonyl (C=O) groups excluding carboxylic acids is 1. The summed E-state index contributed by atoms with van der Waals surface area (Å²) in [5.41, 5.74) is 0. The molecular weight excluding hydrogens is 166 g/mol. The first-order chi connectivity index (χ1) is 5.66. The Bertz CT molecular complexity index is 147. The summed E-state index contributed by atoms with van der Waals surface area (Å²) in [6.45, 7) is 3.00. The predicted molar refractivity (Wildman–Crippen MR) is 38.7 cm³/mol. The average molecular weight is 176 g/mol. The van der Waals surface area contributed by atoms with E-state index >= 15 is 0 Å². The second kappa shape index (κ2) is 6.74. The van der Waals surface area contributed by atoms with Crippen molar-refractivity contribution in [1.29, 1.82) is 0 Å². The molecule has 0 spiro atoms. The van der Waals surface area contributed by atoms with Crippen molar-refractivity contribution >= 4 is 5.97 Å². The highest BCUT2D eigenvalue weighted by atomic mass is 17.1. The summed E-state index contributed by atoms with van der Waals surface area (Å²) in [6.07, 6.45) is 2.12. The predicted octanol–water partition coefficient (Wildman–Crippen LogP) is 0.226. The number of rotatable bonds is 6. The molecule has 0 fully saturated rings. The fourth-order valence-electron chi connectivity index (χ4n) is 0.406. The molecule has 0 radical (unpaired) electrons. The minimum atomic E-state index is -0.797. The number of ether oxygens (including phenoxy) is 1. The fourth-order valence-corrected chi connectivity index (χ4v) is 0.406. The summed E-state index contributed by atoms with van der Waals surface area (Å²) < 4.78 is 4.52. The SMILES string of the molecule is C=CCCOC(=O)CON([O-])O. The standard InChI is InChI=1S/C6H10NO5/c1-2-3-4-11-6(8)5-12-7(9)10/h2,9H,1,3-5H2/q-1. The van der Waals surface area contributed by atoms with Crippen molar-refractivity contribution in [1.82, 2.24) is 5.39 Å². The van der Waals surface area contributed by atoms with Crippen LogP contribution in [0.5, 0.6) is 0 Å². The van der Waals surface area contributed by atoms with Gasteiger partial charge in [0.1, 0.15) is 0 Å². The molecular formula is C6H10NO5-. The Balaban J connectivity index is 3.27. The topological polar surface area (TPSA) is 82.1 Å². The second-order valence-corrected chi connectivity index (χ2v) is 1.81. The maximum atomic E-state index is 10.6. The Hall–Kier alpha value is -0.950. The van der Waals surface area contributed by atoms with E-state index in [1.807, 2.05) is 0 Å². The molecule has 0 heterocycles. The van der Waals surface area contributed by atoms with Gasteiger partial charge in [0, 0.05) is 0 Å². The van der Waals surface area contributed by atoms with Gasteiger partial charge in [-0.2, -0.15) is 0 Å². The monoisotopic (exact) mass is 176 g/mol. The van der Waals surface area contributed by atoms with E-state index in [9.17, 15) is 10.0 Å². The lowest BCUT2D eigenvalue weighted by Gasteiger charge is -2.17. The minimum absolute atomic E-state index is 0.190. The van der Waals surface area contributed by atoms with E-state index in [1.54, 1.807) is 6.08 Å². The molecule has 0 aliphatic rings. The summed E-state index contributed by atoms with van der Waals surface area (Å²) in [4.78, 5) is 14.4. The van der Waals surface area contributed by atoms with Gasteiger partial charge in [-0.05, 0) is 6.42 Å². The third-order valence-electron chi connectivity index (χ3n) is 0.878. The highest BCUT2D eigenvalue weighted by molar-refractivity contribution is 5.70. The van der Waals surface area contributed by atoms with E-state index in [0.29, 0.717) is 6.42 Å². The summed E-state index contributed by atoms with van der Waals surface area (Å²) in [6, 6.07) is 0. The Kier molecular flexibility index (Phi) is 6.21. The molecule has 0 bridgehead atoms. The van der Waals surface area contributed by atoms with Crippen LogP contribution < -0.4 is 0 Å². The van der Waals surface area contributed by atoms with Gasteiger partial charge in [-0.1, -0.05) is 6.08 Å². The Morgan fingerprint density at radius 1 is 1.75 bits per heavy atom. The van der Waals surface area contributed by atoms with Crippen molar-refractivity contribution in [3.8, 4) is 0 Å².